The van der Waals surface area contributed by atoms with Crippen LogP contribution in [0.25, 0.3) is 0 Å². The van der Waals surface area contributed by atoms with Crippen LogP contribution in [0.15, 0.2) is 24.3 Å². The number of rotatable bonds is 5. The summed E-state index contributed by atoms with van der Waals surface area (Å²) in [5.74, 6) is 9.06. The second kappa shape index (κ2) is 8.22. The molecule has 0 aliphatic rings. The van der Waals surface area contributed by atoms with Crippen LogP contribution < -0.4 is 5.73 Å². The predicted molar refractivity (Wildman–Crippen MR) is 78.0 cm³/mol. The molecule has 1 nitrogen and oxygen atoms in total. The lowest BCUT2D eigenvalue weighted by atomic mass is 10.1. The van der Waals surface area contributed by atoms with Crippen LogP contribution in [0.5, 0.6) is 0 Å². The van der Waals surface area contributed by atoms with Gasteiger partial charge >= 0.3 is 0 Å². The average molecular weight is 247 g/mol. The first-order chi connectivity index (χ1) is 8.22. The Hall–Kier alpha value is -0.910. The van der Waals surface area contributed by atoms with Gasteiger partial charge in [-0.25, -0.2) is 0 Å². The summed E-state index contributed by atoms with van der Waals surface area (Å²) in [6.45, 7) is 4.96. The van der Waals surface area contributed by atoms with Crippen LogP contribution in [0.3, 0.4) is 0 Å². The van der Waals surface area contributed by atoms with E-state index in [0.29, 0.717) is 6.54 Å². The minimum atomic E-state index is 0.424. The van der Waals surface area contributed by atoms with Crippen molar-refractivity contribution in [2.24, 2.45) is 11.7 Å². The molecule has 1 aromatic carbocycles. The summed E-state index contributed by atoms with van der Waals surface area (Å²) in [7, 11) is 0. The largest absolute Gasteiger partial charge is 0.320 e. The molecular weight excluding hydrogens is 226 g/mol. The zero-order valence-electron chi connectivity index (χ0n) is 10.7. The minimum absolute atomic E-state index is 0.424. The number of hydrogen-bond acceptors (Lipinski definition) is 2. The van der Waals surface area contributed by atoms with Crippen LogP contribution in [0.1, 0.15) is 31.4 Å². The van der Waals surface area contributed by atoms with Crippen molar-refractivity contribution in [3.8, 4) is 11.8 Å². The number of hydrogen-bond donors (Lipinski definition) is 1. The van der Waals surface area contributed by atoms with Gasteiger partial charge in [-0.2, -0.15) is 11.8 Å². The van der Waals surface area contributed by atoms with Gasteiger partial charge in [0.2, 0.25) is 0 Å². The molecule has 0 saturated carbocycles. The average Bonchev–Trinajstić information content (AvgIpc) is 2.32. The Morgan fingerprint density at radius 3 is 2.88 bits per heavy atom. The Kier molecular flexibility index (Phi) is 6.84. The van der Waals surface area contributed by atoms with Crippen LogP contribution in [0, 0.1) is 17.8 Å². The van der Waals surface area contributed by atoms with Crippen molar-refractivity contribution in [3.05, 3.63) is 35.4 Å². The van der Waals surface area contributed by atoms with Crippen molar-refractivity contribution in [2.75, 3.05) is 12.3 Å². The topological polar surface area (TPSA) is 26.0 Å². The molecule has 17 heavy (non-hydrogen) atoms. The van der Waals surface area contributed by atoms with E-state index in [2.05, 4.69) is 43.9 Å². The van der Waals surface area contributed by atoms with Crippen LogP contribution in [0.4, 0.5) is 0 Å². The second-order valence-electron chi connectivity index (χ2n) is 4.44. The first-order valence-corrected chi connectivity index (χ1v) is 7.23. The van der Waals surface area contributed by atoms with Gasteiger partial charge in [0.1, 0.15) is 0 Å². The summed E-state index contributed by atoms with van der Waals surface area (Å²) in [4.78, 5) is 0. The van der Waals surface area contributed by atoms with Gasteiger partial charge in [-0.05, 0) is 35.8 Å². The van der Waals surface area contributed by atoms with Gasteiger partial charge in [0, 0.05) is 11.3 Å². The molecular formula is C15H21NS. The van der Waals surface area contributed by atoms with Crippen molar-refractivity contribution in [3.63, 3.8) is 0 Å². The summed E-state index contributed by atoms with van der Waals surface area (Å²) >= 11 is 1.99. The zero-order valence-corrected chi connectivity index (χ0v) is 11.5. The molecule has 0 heterocycles. The molecule has 0 radical (unpaired) electrons. The Morgan fingerprint density at radius 1 is 1.35 bits per heavy atom. The van der Waals surface area contributed by atoms with E-state index in [1.54, 1.807) is 0 Å². The smallest absolute Gasteiger partial charge is 0.0555 e. The standard InChI is InChI=1S/C15H21NS/c1-13(2)8-10-17-12-15-6-3-5-14(11-15)7-4-9-16/h3,5-6,11,13H,8-10,12,16H2,1-2H3. The molecule has 1 aromatic rings. The number of nitrogens with two attached hydrogens (primary N) is 1. The highest BCUT2D eigenvalue weighted by atomic mass is 32.2. The molecule has 0 saturated heterocycles. The van der Waals surface area contributed by atoms with E-state index >= 15 is 0 Å². The van der Waals surface area contributed by atoms with Crippen molar-refractivity contribution >= 4 is 11.8 Å². The van der Waals surface area contributed by atoms with E-state index in [1.807, 2.05) is 17.8 Å². The molecule has 0 fully saturated rings. The van der Waals surface area contributed by atoms with Crippen molar-refractivity contribution < 1.29 is 0 Å². The van der Waals surface area contributed by atoms with Gasteiger partial charge in [0.15, 0.2) is 0 Å². The lowest BCUT2D eigenvalue weighted by Crippen LogP contribution is -1.93. The highest BCUT2D eigenvalue weighted by Gasteiger charge is 1.97. The highest BCUT2D eigenvalue weighted by molar-refractivity contribution is 7.98. The minimum Gasteiger partial charge on any atom is -0.320 e. The molecule has 92 valence electrons. The Morgan fingerprint density at radius 2 is 2.18 bits per heavy atom. The molecule has 0 unspecified atom stereocenters. The molecule has 0 bridgehead atoms. The third-order valence-electron chi connectivity index (χ3n) is 2.37. The van der Waals surface area contributed by atoms with E-state index in [0.717, 1.165) is 17.2 Å². The second-order valence-corrected chi connectivity index (χ2v) is 5.55. The molecule has 0 aromatic heterocycles. The Labute approximate surface area is 109 Å². The molecule has 2 heteroatoms. The van der Waals surface area contributed by atoms with Gasteiger partial charge in [-0.15, -0.1) is 0 Å². The van der Waals surface area contributed by atoms with E-state index in [-0.39, 0.29) is 0 Å². The summed E-state index contributed by atoms with van der Waals surface area (Å²) < 4.78 is 0. The van der Waals surface area contributed by atoms with Crippen molar-refractivity contribution in [1.29, 1.82) is 0 Å². The number of benzene rings is 1. The van der Waals surface area contributed by atoms with Crippen LogP contribution in [0.2, 0.25) is 0 Å². The third kappa shape index (κ3) is 6.41. The lowest BCUT2D eigenvalue weighted by molar-refractivity contribution is 0.632. The molecule has 2 N–H and O–H groups in total. The van der Waals surface area contributed by atoms with Gasteiger partial charge in [-0.3, -0.25) is 0 Å². The first kappa shape index (κ1) is 14.2. The normalized spacial score (nSPS) is 10.1. The van der Waals surface area contributed by atoms with Crippen LogP contribution >= 0.6 is 11.8 Å². The van der Waals surface area contributed by atoms with Crippen LogP contribution in [-0.2, 0) is 5.75 Å². The summed E-state index contributed by atoms with van der Waals surface area (Å²) in [5.41, 5.74) is 7.78. The zero-order chi connectivity index (χ0) is 12.5. The molecule has 0 aliphatic carbocycles. The maximum Gasteiger partial charge on any atom is 0.0555 e. The van der Waals surface area contributed by atoms with E-state index in [1.165, 1.54) is 17.7 Å². The first-order valence-electron chi connectivity index (χ1n) is 6.08. The fourth-order valence-electron chi connectivity index (χ4n) is 1.40. The van der Waals surface area contributed by atoms with Crippen LogP contribution in [-0.4, -0.2) is 12.3 Å². The molecule has 0 amide bonds. The van der Waals surface area contributed by atoms with Gasteiger partial charge < -0.3 is 5.73 Å². The van der Waals surface area contributed by atoms with Crippen molar-refractivity contribution in [1.82, 2.24) is 0 Å². The Balaban J connectivity index is 2.43. The Bertz CT molecular complexity index is 387. The van der Waals surface area contributed by atoms with Crippen molar-refractivity contribution in [2.45, 2.75) is 26.0 Å². The lowest BCUT2D eigenvalue weighted by Gasteiger charge is -2.04. The maximum absolute atomic E-state index is 5.36. The van der Waals surface area contributed by atoms with E-state index in [9.17, 15) is 0 Å². The monoisotopic (exact) mass is 247 g/mol. The van der Waals surface area contributed by atoms with E-state index in [4.69, 9.17) is 5.73 Å². The fraction of sp³-hybridized carbons (Fsp3) is 0.467. The summed E-state index contributed by atoms with van der Waals surface area (Å²) in [5, 5.41) is 0. The third-order valence-corrected chi connectivity index (χ3v) is 3.43. The molecule has 0 spiro atoms. The van der Waals surface area contributed by atoms with Gasteiger partial charge in [-0.1, -0.05) is 37.8 Å². The predicted octanol–water partition coefficient (Wildman–Crippen LogP) is 3.28. The fourth-order valence-corrected chi connectivity index (χ4v) is 2.60. The van der Waals surface area contributed by atoms with E-state index < -0.39 is 0 Å². The number of thioether (sulfide) groups is 1. The molecule has 0 aliphatic heterocycles. The maximum atomic E-state index is 5.36. The summed E-state index contributed by atoms with van der Waals surface area (Å²) in [6.07, 6.45) is 1.29. The molecule has 0 atom stereocenters. The summed E-state index contributed by atoms with van der Waals surface area (Å²) in [6, 6.07) is 8.42. The SMILES string of the molecule is CC(C)CCSCc1cccc(C#CCN)c1. The van der Waals surface area contributed by atoms with Gasteiger partial charge in [0.25, 0.3) is 0 Å². The molecule has 1 rings (SSSR count). The van der Waals surface area contributed by atoms with Gasteiger partial charge in [0.05, 0.1) is 6.54 Å². The quantitative estimate of drug-likeness (QED) is 0.638. The highest BCUT2D eigenvalue weighted by Crippen LogP contribution is 2.16.